The fraction of sp³-hybridized carbons (Fsp3) is 0.235. The molecule has 10 nitrogen and oxygen atoms in total. The Bertz CT molecular complexity index is 1730. The Kier molecular flexibility index (Phi) is 7.42. The molecular formula is C34H30O10. The van der Waals surface area contributed by atoms with Gasteiger partial charge in [-0.15, -0.1) is 0 Å². The largest absolute Gasteiger partial charge is 0.508 e. The highest BCUT2D eigenvalue weighted by atomic mass is 16.6. The van der Waals surface area contributed by atoms with Crippen LogP contribution in [0.5, 0.6) is 46.0 Å². The van der Waals surface area contributed by atoms with Crippen LogP contribution in [0.15, 0.2) is 72.8 Å². The third-order valence-corrected chi connectivity index (χ3v) is 8.08. The summed E-state index contributed by atoms with van der Waals surface area (Å²) < 4.78 is 34.8. The predicted octanol–water partition coefficient (Wildman–Crippen LogP) is 5.29. The third-order valence-electron chi connectivity index (χ3n) is 8.08. The minimum atomic E-state index is -1.07. The molecule has 0 aliphatic carbocycles. The Balaban J connectivity index is 1.58. The van der Waals surface area contributed by atoms with Gasteiger partial charge < -0.3 is 38.6 Å². The zero-order valence-corrected chi connectivity index (χ0v) is 24.4. The second-order valence-corrected chi connectivity index (χ2v) is 10.4. The number of benzene rings is 4. The second-order valence-electron chi connectivity index (χ2n) is 10.4. The van der Waals surface area contributed by atoms with E-state index in [4.69, 9.17) is 28.4 Å². The van der Waals surface area contributed by atoms with Crippen molar-refractivity contribution in [3.05, 3.63) is 95.1 Å². The van der Waals surface area contributed by atoms with Crippen LogP contribution in [-0.4, -0.2) is 62.4 Å². The minimum Gasteiger partial charge on any atom is -0.508 e. The van der Waals surface area contributed by atoms with Crippen molar-refractivity contribution in [1.29, 1.82) is 0 Å². The van der Waals surface area contributed by atoms with Crippen molar-refractivity contribution in [3.63, 3.8) is 0 Å². The number of ether oxygens (including phenoxy) is 6. The zero-order chi connectivity index (χ0) is 31.1. The van der Waals surface area contributed by atoms with Gasteiger partial charge in [-0.1, -0.05) is 24.3 Å². The molecule has 0 unspecified atom stereocenters. The first-order valence-corrected chi connectivity index (χ1v) is 13.8. The van der Waals surface area contributed by atoms with E-state index in [2.05, 4.69) is 0 Å². The highest BCUT2D eigenvalue weighted by molar-refractivity contribution is 6.09. The molecule has 226 valence electrons. The molecule has 2 heterocycles. The smallest absolute Gasteiger partial charge is 0.181 e. The molecule has 0 radical (unpaired) electrons. The number of phenolic OH excluding ortho intramolecular Hbond substituents is 2. The van der Waals surface area contributed by atoms with E-state index in [9.17, 15) is 19.8 Å². The first-order chi connectivity index (χ1) is 21.3. The maximum atomic E-state index is 14.5. The van der Waals surface area contributed by atoms with Crippen molar-refractivity contribution in [3.8, 4) is 46.0 Å². The molecule has 2 aliphatic rings. The van der Waals surface area contributed by atoms with Crippen LogP contribution in [0.25, 0.3) is 0 Å². The summed E-state index contributed by atoms with van der Waals surface area (Å²) in [6.45, 7) is 0. The summed E-state index contributed by atoms with van der Waals surface area (Å²) in [6.07, 6.45) is -2.13. The number of Topliss-reactive ketones (excluding diaryl/α,β-unsaturated/α-hetero) is 2. The normalized spacial score (nSPS) is 20.5. The summed E-state index contributed by atoms with van der Waals surface area (Å²) in [5.41, 5.74) is 1.31. The van der Waals surface area contributed by atoms with E-state index in [1.165, 1.54) is 52.7 Å². The maximum absolute atomic E-state index is 14.5. The number of phenols is 2. The summed E-state index contributed by atoms with van der Waals surface area (Å²) in [5.74, 6) is -1.17. The lowest BCUT2D eigenvalue weighted by Crippen LogP contribution is -2.52. The van der Waals surface area contributed by atoms with Crippen LogP contribution in [0.2, 0.25) is 0 Å². The van der Waals surface area contributed by atoms with Crippen LogP contribution >= 0.6 is 0 Å². The lowest BCUT2D eigenvalue weighted by molar-refractivity contribution is 0.00726. The topological polar surface area (TPSA) is 130 Å². The number of hydrogen-bond donors (Lipinski definition) is 2. The Morgan fingerprint density at radius 2 is 1.05 bits per heavy atom. The van der Waals surface area contributed by atoms with Crippen LogP contribution in [0.3, 0.4) is 0 Å². The molecule has 4 aromatic rings. The third kappa shape index (κ3) is 4.78. The molecular weight excluding hydrogens is 568 g/mol. The maximum Gasteiger partial charge on any atom is 0.181 e. The van der Waals surface area contributed by atoms with Gasteiger partial charge in [-0.05, 0) is 35.4 Å². The van der Waals surface area contributed by atoms with Crippen LogP contribution in [-0.2, 0) is 0 Å². The minimum absolute atomic E-state index is 0.00470. The molecule has 0 saturated carbocycles. The van der Waals surface area contributed by atoms with Crippen molar-refractivity contribution >= 4 is 11.6 Å². The van der Waals surface area contributed by atoms with Crippen LogP contribution in [0.1, 0.15) is 43.7 Å². The Hall–Kier alpha value is -5.38. The van der Waals surface area contributed by atoms with Gasteiger partial charge in [0.05, 0.1) is 40.3 Å². The van der Waals surface area contributed by atoms with Crippen molar-refractivity contribution in [1.82, 2.24) is 0 Å². The van der Waals surface area contributed by atoms with E-state index in [1.54, 1.807) is 48.5 Å². The van der Waals surface area contributed by atoms with Gasteiger partial charge >= 0.3 is 0 Å². The number of carbonyl (C=O) groups excluding carboxylic acids is 2. The number of hydrogen-bond acceptors (Lipinski definition) is 10. The average molecular weight is 599 g/mol. The summed E-state index contributed by atoms with van der Waals surface area (Å²) >= 11 is 0. The standard InChI is InChI=1S/C34H30O10/c1-39-20-11-7-18(8-12-20)27-31(37)29-23(36)13-21(40-2)15-25(29)43-33(27)34-28(17-5-9-19(35)10-6-17)32(38)30-24(42-4)14-22(41-3)16-26(30)44-34/h5-16,27-28,33-36H,1-4H3/t27-,28-,33-,34-/m0/s1. The lowest BCUT2D eigenvalue weighted by atomic mass is 9.74. The molecule has 0 aromatic heterocycles. The molecule has 0 fully saturated rings. The number of carbonyl (C=O) groups is 2. The van der Waals surface area contributed by atoms with E-state index in [-0.39, 0.29) is 51.4 Å². The van der Waals surface area contributed by atoms with Crippen LogP contribution in [0.4, 0.5) is 0 Å². The van der Waals surface area contributed by atoms with Gasteiger partial charge in [0.2, 0.25) is 0 Å². The van der Waals surface area contributed by atoms with Crippen molar-refractivity contribution in [2.45, 2.75) is 24.0 Å². The summed E-state index contributed by atoms with van der Waals surface area (Å²) in [6, 6.07) is 19.2. The summed E-state index contributed by atoms with van der Waals surface area (Å²) in [4.78, 5) is 28.8. The molecule has 0 amide bonds. The number of methoxy groups -OCH3 is 4. The first-order valence-electron chi connectivity index (χ1n) is 13.8. The van der Waals surface area contributed by atoms with Gasteiger partial charge in [-0.3, -0.25) is 9.59 Å². The number of fused-ring (bicyclic) bond motifs is 2. The van der Waals surface area contributed by atoms with Gasteiger partial charge in [0.15, 0.2) is 23.8 Å². The van der Waals surface area contributed by atoms with Gasteiger partial charge in [0.25, 0.3) is 0 Å². The first kappa shape index (κ1) is 28.7. The number of aromatic hydroxyl groups is 2. The van der Waals surface area contributed by atoms with Gasteiger partial charge in [0, 0.05) is 24.3 Å². The predicted molar refractivity (Wildman–Crippen MR) is 158 cm³/mol. The van der Waals surface area contributed by atoms with E-state index in [1.807, 2.05) is 0 Å². The molecule has 44 heavy (non-hydrogen) atoms. The molecule has 4 atom stereocenters. The fourth-order valence-corrected chi connectivity index (χ4v) is 5.94. The fourth-order valence-electron chi connectivity index (χ4n) is 5.94. The summed E-state index contributed by atoms with van der Waals surface area (Å²) in [5, 5.41) is 20.9. The molecule has 0 bridgehead atoms. The molecule has 2 N–H and O–H groups in total. The van der Waals surface area contributed by atoms with E-state index < -0.39 is 29.8 Å². The molecule has 0 saturated heterocycles. The molecule has 6 rings (SSSR count). The molecule has 2 aliphatic heterocycles. The van der Waals surface area contributed by atoms with Crippen LogP contribution in [0, 0.1) is 0 Å². The summed E-state index contributed by atoms with van der Waals surface area (Å²) in [7, 11) is 5.91. The number of rotatable bonds is 7. The SMILES string of the molecule is COc1ccc([C@H]2C(=O)c3c(O)cc(OC)cc3O[C@@H]2[C@H]2Oc3cc(OC)cc(OC)c3C(=O)[C@@H]2c2ccc(O)cc2)cc1. The quantitative estimate of drug-likeness (QED) is 0.290. The van der Waals surface area contributed by atoms with Crippen LogP contribution < -0.4 is 28.4 Å². The Morgan fingerprint density at radius 3 is 1.57 bits per heavy atom. The lowest BCUT2D eigenvalue weighted by Gasteiger charge is -2.42. The molecule has 10 heteroatoms. The van der Waals surface area contributed by atoms with Gasteiger partial charge in [-0.2, -0.15) is 0 Å². The molecule has 0 spiro atoms. The zero-order valence-electron chi connectivity index (χ0n) is 24.4. The Labute approximate surface area is 253 Å². The van der Waals surface area contributed by atoms with E-state index in [0.29, 0.717) is 22.6 Å². The van der Waals surface area contributed by atoms with E-state index in [0.717, 1.165) is 0 Å². The second kappa shape index (κ2) is 11.4. The van der Waals surface area contributed by atoms with Gasteiger partial charge in [-0.25, -0.2) is 0 Å². The highest BCUT2D eigenvalue weighted by Crippen LogP contribution is 2.50. The Morgan fingerprint density at radius 1 is 0.568 bits per heavy atom. The van der Waals surface area contributed by atoms with Crippen molar-refractivity contribution in [2.75, 3.05) is 28.4 Å². The average Bonchev–Trinajstić information content (AvgIpc) is 3.04. The molecule has 4 aromatic carbocycles. The number of ketones is 2. The van der Waals surface area contributed by atoms with Crippen molar-refractivity contribution < 1.29 is 48.2 Å². The monoisotopic (exact) mass is 598 g/mol. The van der Waals surface area contributed by atoms with E-state index >= 15 is 0 Å². The van der Waals surface area contributed by atoms with Crippen molar-refractivity contribution in [2.24, 2.45) is 0 Å². The highest BCUT2D eigenvalue weighted by Gasteiger charge is 2.52. The van der Waals surface area contributed by atoms with Gasteiger partial charge in [0.1, 0.15) is 57.1 Å².